The first-order valence-electron chi connectivity index (χ1n) is 6.72. The van der Waals surface area contributed by atoms with Gasteiger partial charge in [0.25, 0.3) is 5.91 Å². The van der Waals surface area contributed by atoms with E-state index in [1.165, 1.54) is 0 Å². The van der Waals surface area contributed by atoms with Crippen LogP contribution in [0.15, 0.2) is 16.7 Å². The van der Waals surface area contributed by atoms with Gasteiger partial charge < -0.3 is 15.1 Å². The lowest BCUT2D eigenvalue weighted by Crippen LogP contribution is -2.59. The first-order chi connectivity index (χ1) is 9.34. The summed E-state index contributed by atoms with van der Waals surface area (Å²) < 4.78 is 5.27. The van der Waals surface area contributed by atoms with Gasteiger partial charge in [0.1, 0.15) is 0 Å². The van der Waals surface area contributed by atoms with Crippen molar-refractivity contribution in [3.8, 4) is 0 Å². The van der Waals surface area contributed by atoms with Gasteiger partial charge in [-0.3, -0.25) is 9.69 Å². The standard InChI is InChI=1S/C14H21N3O2S/c1-10-4-9-19-11(10)12(18)16-5-7-17(8-6-16)14(2,3)13(15)20/h4,9H,5-8H2,1-3H3,(H2,15,20). The van der Waals surface area contributed by atoms with Crippen LogP contribution < -0.4 is 5.73 Å². The molecule has 0 saturated carbocycles. The van der Waals surface area contributed by atoms with E-state index in [1.54, 1.807) is 12.3 Å². The minimum absolute atomic E-state index is 0.0414. The smallest absolute Gasteiger partial charge is 0.289 e. The fourth-order valence-electron chi connectivity index (χ4n) is 2.36. The summed E-state index contributed by atoms with van der Waals surface area (Å²) in [5, 5.41) is 0. The molecule has 0 aromatic carbocycles. The monoisotopic (exact) mass is 295 g/mol. The van der Waals surface area contributed by atoms with E-state index in [0.717, 1.165) is 18.7 Å². The van der Waals surface area contributed by atoms with Gasteiger partial charge in [-0.15, -0.1) is 0 Å². The average molecular weight is 295 g/mol. The Bertz CT molecular complexity index is 516. The fraction of sp³-hybridized carbons (Fsp3) is 0.571. The summed E-state index contributed by atoms with van der Waals surface area (Å²) in [5.74, 6) is 0.396. The maximum Gasteiger partial charge on any atom is 0.289 e. The largest absolute Gasteiger partial charge is 0.459 e. The SMILES string of the molecule is Cc1ccoc1C(=O)N1CCN(C(C)(C)C(N)=S)CC1. The summed E-state index contributed by atoms with van der Waals surface area (Å²) in [4.78, 5) is 16.9. The molecule has 0 atom stereocenters. The second-order valence-electron chi connectivity index (χ2n) is 5.64. The molecular formula is C14H21N3O2S. The number of furan rings is 1. The van der Waals surface area contributed by atoms with Crippen molar-refractivity contribution in [1.82, 2.24) is 9.80 Å². The van der Waals surface area contributed by atoms with Gasteiger partial charge in [0.2, 0.25) is 0 Å². The van der Waals surface area contributed by atoms with Crippen LogP contribution in [0, 0.1) is 6.92 Å². The Morgan fingerprint density at radius 2 is 1.95 bits per heavy atom. The molecule has 0 spiro atoms. The van der Waals surface area contributed by atoms with Crippen LogP contribution in [0.5, 0.6) is 0 Å². The molecule has 1 aromatic rings. The fourth-order valence-corrected chi connectivity index (χ4v) is 2.49. The summed E-state index contributed by atoms with van der Waals surface area (Å²) >= 11 is 5.12. The van der Waals surface area contributed by atoms with Crippen molar-refractivity contribution in [3.63, 3.8) is 0 Å². The number of carbonyl (C=O) groups is 1. The summed E-state index contributed by atoms with van der Waals surface area (Å²) in [7, 11) is 0. The molecule has 1 amide bonds. The number of thiocarbonyl (C=S) groups is 1. The molecule has 0 aliphatic carbocycles. The Kier molecular flexibility index (Phi) is 4.15. The van der Waals surface area contributed by atoms with Crippen LogP contribution in [0.25, 0.3) is 0 Å². The van der Waals surface area contributed by atoms with E-state index in [0.29, 0.717) is 23.8 Å². The zero-order chi connectivity index (χ0) is 14.9. The van der Waals surface area contributed by atoms with Crippen molar-refractivity contribution in [2.75, 3.05) is 26.2 Å². The lowest BCUT2D eigenvalue weighted by Gasteiger charge is -2.43. The highest BCUT2D eigenvalue weighted by atomic mass is 32.1. The Morgan fingerprint density at radius 3 is 2.40 bits per heavy atom. The first-order valence-corrected chi connectivity index (χ1v) is 7.13. The molecule has 0 bridgehead atoms. The van der Waals surface area contributed by atoms with Crippen molar-refractivity contribution < 1.29 is 9.21 Å². The molecule has 1 aliphatic heterocycles. The minimum atomic E-state index is -0.314. The van der Waals surface area contributed by atoms with Crippen LogP contribution in [-0.2, 0) is 0 Å². The molecule has 2 N–H and O–H groups in total. The number of carbonyl (C=O) groups excluding carboxylic acids is 1. The molecular weight excluding hydrogens is 274 g/mol. The number of aryl methyl sites for hydroxylation is 1. The van der Waals surface area contributed by atoms with Crippen LogP contribution in [0.4, 0.5) is 0 Å². The third kappa shape index (κ3) is 2.71. The van der Waals surface area contributed by atoms with Crippen LogP contribution >= 0.6 is 12.2 Å². The molecule has 6 heteroatoms. The first kappa shape index (κ1) is 15.0. The van der Waals surface area contributed by atoms with E-state index in [1.807, 2.05) is 25.7 Å². The maximum atomic E-state index is 12.3. The number of piperazine rings is 1. The zero-order valence-corrected chi connectivity index (χ0v) is 13.0. The second kappa shape index (κ2) is 5.54. The Morgan fingerprint density at radius 1 is 1.35 bits per heavy atom. The number of amides is 1. The number of hydrogen-bond donors (Lipinski definition) is 1. The molecule has 110 valence electrons. The Balaban J connectivity index is 2.00. The van der Waals surface area contributed by atoms with Gasteiger partial charge in [-0.05, 0) is 26.8 Å². The number of nitrogens with two attached hydrogens (primary N) is 1. The molecule has 5 nitrogen and oxygen atoms in total. The molecule has 0 unspecified atom stereocenters. The van der Waals surface area contributed by atoms with Gasteiger partial charge in [-0.25, -0.2) is 0 Å². The van der Waals surface area contributed by atoms with Gasteiger partial charge in [-0.2, -0.15) is 0 Å². The van der Waals surface area contributed by atoms with E-state index >= 15 is 0 Å². The van der Waals surface area contributed by atoms with E-state index in [4.69, 9.17) is 22.4 Å². The highest BCUT2D eigenvalue weighted by Crippen LogP contribution is 2.19. The number of nitrogens with zero attached hydrogens (tertiary/aromatic N) is 2. The van der Waals surface area contributed by atoms with Crippen LogP contribution in [0.1, 0.15) is 30.0 Å². The highest BCUT2D eigenvalue weighted by molar-refractivity contribution is 7.80. The average Bonchev–Trinajstić information content (AvgIpc) is 2.84. The summed E-state index contributed by atoms with van der Waals surface area (Å²) in [6, 6.07) is 1.81. The van der Waals surface area contributed by atoms with Crippen molar-refractivity contribution in [3.05, 3.63) is 23.7 Å². The number of hydrogen-bond acceptors (Lipinski definition) is 4. The minimum Gasteiger partial charge on any atom is -0.459 e. The summed E-state index contributed by atoms with van der Waals surface area (Å²) in [6.07, 6.45) is 1.55. The Hall–Kier alpha value is -1.40. The molecule has 1 aromatic heterocycles. The third-order valence-electron chi connectivity index (χ3n) is 4.02. The quantitative estimate of drug-likeness (QED) is 0.854. The molecule has 0 radical (unpaired) electrons. The maximum absolute atomic E-state index is 12.3. The van der Waals surface area contributed by atoms with Crippen LogP contribution in [-0.4, -0.2) is 52.4 Å². The molecule has 20 heavy (non-hydrogen) atoms. The molecule has 1 fully saturated rings. The Labute approximate surface area is 124 Å². The predicted octanol–water partition coefficient (Wildman–Crippen LogP) is 1.41. The highest BCUT2D eigenvalue weighted by Gasteiger charge is 2.34. The molecule has 2 rings (SSSR count). The number of rotatable bonds is 3. The molecule has 2 heterocycles. The summed E-state index contributed by atoms with van der Waals surface area (Å²) in [6.45, 7) is 8.75. The van der Waals surface area contributed by atoms with E-state index in [9.17, 15) is 4.79 Å². The van der Waals surface area contributed by atoms with Gasteiger partial charge in [-0.1, -0.05) is 12.2 Å². The zero-order valence-electron chi connectivity index (χ0n) is 12.2. The van der Waals surface area contributed by atoms with Crippen molar-refractivity contribution in [2.45, 2.75) is 26.3 Å². The lowest BCUT2D eigenvalue weighted by atomic mass is 10.0. The van der Waals surface area contributed by atoms with Gasteiger partial charge in [0.15, 0.2) is 5.76 Å². The van der Waals surface area contributed by atoms with Gasteiger partial charge in [0, 0.05) is 31.7 Å². The van der Waals surface area contributed by atoms with E-state index in [2.05, 4.69) is 4.90 Å². The van der Waals surface area contributed by atoms with Crippen LogP contribution in [0.3, 0.4) is 0 Å². The van der Waals surface area contributed by atoms with Gasteiger partial charge >= 0.3 is 0 Å². The van der Waals surface area contributed by atoms with Gasteiger partial charge in [0.05, 0.1) is 16.8 Å². The third-order valence-corrected chi connectivity index (χ3v) is 4.52. The normalized spacial score (nSPS) is 17.2. The summed E-state index contributed by atoms with van der Waals surface area (Å²) in [5.41, 5.74) is 6.35. The van der Waals surface area contributed by atoms with E-state index < -0.39 is 0 Å². The van der Waals surface area contributed by atoms with Crippen molar-refractivity contribution in [2.24, 2.45) is 5.73 Å². The predicted molar refractivity (Wildman–Crippen MR) is 81.8 cm³/mol. The van der Waals surface area contributed by atoms with Crippen molar-refractivity contribution in [1.29, 1.82) is 0 Å². The van der Waals surface area contributed by atoms with Crippen molar-refractivity contribution >= 4 is 23.1 Å². The topological polar surface area (TPSA) is 62.7 Å². The second-order valence-corrected chi connectivity index (χ2v) is 6.08. The van der Waals surface area contributed by atoms with E-state index in [-0.39, 0.29) is 11.4 Å². The molecule has 1 aliphatic rings. The van der Waals surface area contributed by atoms with Crippen LogP contribution in [0.2, 0.25) is 0 Å². The molecule has 1 saturated heterocycles. The lowest BCUT2D eigenvalue weighted by molar-refractivity contribution is 0.0511.